The Hall–Kier alpha value is -3.28. The number of nitrogens with zero attached hydrogens (tertiary/aromatic N) is 3. The average molecular weight is 452 g/mol. The summed E-state index contributed by atoms with van der Waals surface area (Å²) in [5.74, 6) is 1.08. The van der Waals surface area contributed by atoms with Gasteiger partial charge in [-0.3, -0.25) is 0 Å². The number of hydrogen-bond donors (Lipinski definition) is 1. The molecule has 5 aromatic rings. The molecule has 5 heteroatoms. The van der Waals surface area contributed by atoms with E-state index >= 15 is 0 Å². The van der Waals surface area contributed by atoms with Crippen molar-refractivity contribution in [3.05, 3.63) is 89.6 Å². The molecule has 0 saturated carbocycles. The van der Waals surface area contributed by atoms with Gasteiger partial charge in [-0.05, 0) is 28.8 Å². The number of hydrogen-bond acceptors (Lipinski definition) is 4. The fourth-order valence-electron chi connectivity index (χ4n) is 5.07. The fourth-order valence-corrected chi connectivity index (χ4v) is 5.98. The standard InChI is InChI=1S/C28H26N4S/c1-20-11-12-22-9-5-6-10-23(22)24(20)17-31-13-15-32(16-14-31)27-26-25(21-7-3-2-4-8-21)18-33-28(26)30-19-29-27/h2-12,18-19H,13-17H2,1H3/p+1. The highest BCUT2D eigenvalue weighted by Crippen LogP contribution is 2.37. The van der Waals surface area contributed by atoms with Gasteiger partial charge >= 0.3 is 0 Å². The van der Waals surface area contributed by atoms with E-state index in [-0.39, 0.29) is 0 Å². The minimum atomic E-state index is 1.01. The fraction of sp³-hybridized carbons (Fsp3) is 0.214. The first-order valence-electron chi connectivity index (χ1n) is 11.6. The predicted molar refractivity (Wildman–Crippen MR) is 138 cm³/mol. The van der Waals surface area contributed by atoms with E-state index < -0.39 is 0 Å². The molecule has 6 rings (SSSR count). The van der Waals surface area contributed by atoms with Gasteiger partial charge in [-0.25, -0.2) is 9.97 Å². The summed E-state index contributed by atoms with van der Waals surface area (Å²) in [6.07, 6.45) is 1.72. The van der Waals surface area contributed by atoms with Crippen molar-refractivity contribution in [2.24, 2.45) is 0 Å². The molecule has 0 unspecified atom stereocenters. The maximum Gasteiger partial charge on any atom is 0.141 e. The van der Waals surface area contributed by atoms with Crippen molar-refractivity contribution in [2.75, 3.05) is 31.1 Å². The van der Waals surface area contributed by atoms with Crippen LogP contribution >= 0.6 is 11.3 Å². The Labute approximate surface area is 198 Å². The van der Waals surface area contributed by atoms with Crippen molar-refractivity contribution >= 4 is 38.1 Å². The second kappa shape index (κ2) is 8.58. The number of aryl methyl sites for hydroxylation is 1. The Morgan fingerprint density at radius 1 is 0.909 bits per heavy atom. The lowest BCUT2D eigenvalue weighted by Crippen LogP contribution is -3.13. The minimum Gasteiger partial charge on any atom is -0.345 e. The monoisotopic (exact) mass is 451 g/mol. The Kier molecular flexibility index (Phi) is 5.29. The predicted octanol–water partition coefficient (Wildman–Crippen LogP) is 4.73. The summed E-state index contributed by atoms with van der Waals surface area (Å²) in [6.45, 7) is 7.56. The van der Waals surface area contributed by atoms with Crippen LogP contribution in [0.4, 0.5) is 5.82 Å². The van der Waals surface area contributed by atoms with E-state index in [1.54, 1.807) is 22.6 Å². The molecular weight excluding hydrogens is 424 g/mol. The zero-order valence-electron chi connectivity index (χ0n) is 18.8. The topological polar surface area (TPSA) is 33.5 Å². The highest BCUT2D eigenvalue weighted by atomic mass is 32.1. The summed E-state index contributed by atoms with van der Waals surface area (Å²) in [7, 11) is 0. The molecule has 3 aromatic carbocycles. The molecule has 1 saturated heterocycles. The molecule has 0 atom stereocenters. The Morgan fingerprint density at radius 3 is 2.55 bits per heavy atom. The van der Waals surface area contributed by atoms with Crippen LogP contribution in [0.5, 0.6) is 0 Å². The lowest BCUT2D eigenvalue weighted by molar-refractivity contribution is -0.914. The van der Waals surface area contributed by atoms with Crippen molar-refractivity contribution in [1.82, 2.24) is 9.97 Å². The first-order valence-corrected chi connectivity index (χ1v) is 12.5. The molecule has 3 heterocycles. The third-order valence-corrected chi connectivity index (χ3v) is 7.79. The molecule has 1 N–H and O–H groups in total. The highest BCUT2D eigenvalue weighted by Gasteiger charge is 2.25. The van der Waals surface area contributed by atoms with Crippen LogP contribution in [-0.2, 0) is 6.54 Å². The Bertz CT molecular complexity index is 1420. The zero-order chi connectivity index (χ0) is 22.2. The molecule has 2 aromatic heterocycles. The number of benzene rings is 3. The normalized spacial score (nSPS) is 14.9. The summed E-state index contributed by atoms with van der Waals surface area (Å²) in [5, 5.41) is 6.16. The Morgan fingerprint density at radius 2 is 1.70 bits per heavy atom. The van der Waals surface area contributed by atoms with Crippen LogP contribution in [0.2, 0.25) is 0 Å². The van der Waals surface area contributed by atoms with Gasteiger partial charge in [-0.2, -0.15) is 0 Å². The quantitative estimate of drug-likeness (QED) is 0.429. The largest absolute Gasteiger partial charge is 0.345 e. The average Bonchev–Trinajstić information content (AvgIpc) is 3.31. The van der Waals surface area contributed by atoms with Gasteiger partial charge in [-0.1, -0.05) is 66.7 Å². The van der Waals surface area contributed by atoms with E-state index in [0.29, 0.717) is 0 Å². The third-order valence-electron chi connectivity index (χ3n) is 6.91. The maximum atomic E-state index is 4.77. The van der Waals surface area contributed by atoms with Gasteiger partial charge in [-0.15, -0.1) is 11.3 Å². The molecule has 33 heavy (non-hydrogen) atoms. The molecule has 0 amide bonds. The summed E-state index contributed by atoms with van der Waals surface area (Å²) < 4.78 is 0. The lowest BCUT2D eigenvalue weighted by atomic mass is 9.99. The van der Waals surface area contributed by atoms with Gasteiger partial charge in [0.2, 0.25) is 0 Å². The number of quaternary nitrogens is 1. The molecule has 0 aliphatic carbocycles. The van der Waals surface area contributed by atoms with Gasteiger partial charge in [0.25, 0.3) is 0 Å². The highest BCUT2D eigenvalue weighted by molar-refractivity contribution is 7.17. The van der Waals surface area contributed by atoms with Gasteiger partial charge in [0.15, 0.2) is 0 Å². The van der Waals surface area contributed by atoms with Crippen LogP contribution in [0.25, 0.3) is 32.1 Å². The molecular formula is C28H27N4S+. The van der Waals surface area contributed by atoms with Crippen molar-refractivity contribution in [2.45, 2.75) is 13.5 Å². The number of fused-ring (bicyclic) bond motifs is 2. The maximum absolute atomic E-state index is 4.77. The first kappa shape index (κ1) is 20.3. The molecule has 4 nitrogen and oxygen atoms in total. The minimum absolute atomic E-state index is 1.01. The number of anilines is 1. The SMILES string of the molecule is Cc1ccc2ccccc2c1C[NH+]1CCN(c2ncnc3scc(-c4ccccc4)c23)CC1. The van der Waals surface area contributed by atoms with E-state index in [1.807, 2.05) is 0 Å². The number of rotatable bonds is 4. The van der Waals surface area contributed by atoms with E-state index in [2.05, 4.69) is 88.9 Å². The molecule has 0 bridgehead atoms. The van der Waals surface area contributed by atoms with Crippen LogP contribution in [0, 0.1) is 6.92 Å². The van der Waals surface area contributed by atoms with Crippen molar-refractivity contribution in [1.29, 1.82) is 0 Å². The van der Waals surface area contributed by atoms with Gasteiger partial charge in [0.05, 0.1) is 31.6 Å². The van der Waals surface area contributed by atoms with Crippen molar-refractivity contribution < 1.29 is 4.90 Å². The van der Waals surface area contributed by atoms with E-state index in [4.69, 9.17) is 4.98 Å². The second-order valence-electron chi connectivity index (χ2n) is 8.89. The van der Waals surface area contributed by atoms with Crippen molar-refractivity contribution in [3.8, 4) is 11.1 Å². The summed E-state index contributed by atoms with van der Waals surface area (Å²) in [6, 6.07) is 23.9. The van der Waals surface area contributed by atoms with Crippen LogP contribution in [-0.4, -0.2) is 36.1 Å². The molecule has 0 radical (unpaired) electrons. The summed E-state index contributed by atoms with van der Waals surface area (Å²) in [5.41, 5.74) is 5.36. The third kappa shape index (κ3) is 3.77. The summed E-state index contributed by atoms with van der Waals surface area (Å²) >= 11 is 1.71. The molecule has 1 aliphatic heterocycles. The van der Waals surface area contributed by atoms with E-state index in [1.165, 1.54) is 38.4 Å². The lowest BCUT2D eigenvalue weighted by Gasteiger charge is -2.33. The zero-order valence-corrected chi connectivity index (χ0v) is 19.6. The first-order chi connectivity index (χ1) is 16.3. The number of nitrogens with one attached hydrogen (secondary N) is 1. The van der Waals surface area contributed by atoms with Gasteiger partial charge in [0.1, 0.15) is 23.5 Å². The number of aromatic nitrogens is 2. The number of thiophene rings is 1. The Balaban J connectivity index is 1.25. The van der Waals surface area contributed by atoms with Gasteiger partial charge < -0.3 is 9.80 Å². The van der Waals surface area contributed by atoms with E-state index in [9.17, 15) is 0 Å². The van der Waals surface area contributed by atoms with Crippen LogP contribution < -0.4 is 9.80 Å². The van der Waals surface area contributed by atoms with Crippen molar-refractivity contribution in [3.63, 3.8) is 0 Å². The smallest absolute Gasteiger partial charge is 0.141 e. The van der Waals surface area contributed by atoms with Crippen LogP contribution in [0.15, 0.2) is 78.4 Å². The molecule has 0 spiro atoms. The van der Waals surface area contributed by atoms with E-state index in [0.717, 1.165) is 43.4 Å². The molecule has 1 fully saturated rings. The second-order valence-corrected chi connectivity index (χ2v) is 9.75. The van der Waals surface area contributed by atoms with Crippen LogP contribution in [0.3, 0.4) is 0 Å². The van der Waals surface area contributed by atoms with Crippen LogP contribution in [0.1, 0.15) is 11.1 Å². The summed E-state index contributed by atoms with van der Waals surface area (Å²) in [4.78, 5) is 14.5. The van der Waals surface area contributed by atoms with Gasteiger partial charge in [0, 0.05) is 16.5 Å². The molecule has 164 valence electrons. The number of piperazine rings is 1. The molecule has 1 aliphatic rings.